The molecule has 2 atom stereocenters. The zero-order valence-corrected chi connectivity index (χ0v) is 12.5. The maximum absolute atomic E-state index is 12.9. The Balaban J connectivity index is 2.10. The van der Waals surface area contributed by atoms with E-state index >= 15 is 0 Å². The van der Waals surface area contributed by atoms with E-state index in [4.69, 9.17) is 0 Å². The van der Waals surface area contributed by atoms with Crippen LogP contribution in [0, 0.1) is 11.3 Å². The number of rotatable bonds is 4. The minimum atomic E-state index is -0.425. The Morgan fingerprint density at radius 2 is 2.00 bits per heavy atom. The summed E-state index contributed by atoms with van der Waals surface area (Å²) < 4.78 is 0. The number of aliphatic hydroxyl groups is 1. The third-order valence-electron chi connectivity index (χ3n) is 4.78. The van der Waals surface area contributed by atoms with Gasteiger partial charge in [0.05, 0.1) is 12.1 Å². The number of hydrogen-bond donors (Lipinski definition) is 2. The highest BCUT2D eigenvalue weighted by Gasteiger charge is 2.45. The van der Waals surface area contributed by atoms with Crippen molar-refractivity contribution in [3.63, 3.8) is 0 Å². The van der Waals surface area contributed by atoms with Crippen LogP contribution in [0.3, 0.4) is 0 Å². The van der Waals surface area contributed by atoms with Gasteiger partial charge in [-0.05, 0) is 25.2 Å². The van der Waals surface area contributed by atoms with Crippen LogP contribution in [-0.4, -0.2) is 48.2 Å². The lowest BCUT2D eigenvalue weighted by atomic mass is 9.77. The van der Waals surface area contributed by atoms with Gasteiger partial charge in [-0.25, -0.2) is 0 Å². The standard InChI is InChI=1S/C15H28N2O2/c1-11(2)8-15(6-4-5-7-15)14(19)17(3)12-9-16-10-13(12)18/h11-13,16,18H,4-10H2,1-3H3/t12-,13-/m1/s1. The minimum absolute atomic E-state index is 0.0582. The quantitative estimate of drug-likeness (QED) is 0.810. The Bertz CT molecular complexity index is 324. The lowest BCUT2D eigenvalue weighted by Crippen LogP contribution is -2.50. The van der Waals surface area contributed by atoms with Crippen LogP contribution < -0.4 is 5.32 Å². The zero-order valence-electron chi connectivity index (χ0n) is 12.5. The molecule has 0 spiro atoms. The average Bonchev–Trinajstić information content (AvgIpc) is 2.96. The van der Waals surface area contributed by atoms with E-state index in [1.54, 1.807) is 0 Å². The fraction of sp³-hybridized carbons (Fsp3) is 0.933. The highest BCUT2D eigenvalue weighted by Crippen LogP contribution is 2.44. The van der Waals surface area contributed by atoms with E-state index < -0.39 is 6.10 Å². The molecular formula is C15H28N2O2. The summed E-state index contributed by atoms with van der Waals surface area (Å²) >= 11 is 0. The van der Waals surface area contributed by atoms with Crippen LogP contribution in [0.5, 0.6) is 0 Å². The second-order valence-corrected chi connectivity index (χ2v) is 6.79. The SMILES string of the molecule is CC(C)CC1(C(=O)N(C)[C@@H]2CNC[C@H]2O)CCCC1. The maximum atomic E-state index is 12.9. The molecule has 4 heteroatoms. The third kappa shape index (κ3) is 2.95. The first-order valence-corrected chi connectivity index (χ1v) is 7.62. The van der Waals surface area contributed by atoms with Gasteiger partial charge in [0.25, 0.3) is 0 Å². The second kappa shape index (κ2) is 5.80. The lowest BCUT2D eigenvalue weighted by molar-refractivity contribution is -0.145. The maximum Gasteiger partial charge on any atom is 0.228 e. The van der Waals surface area contributed by atoms with Crippen molar-refractivity contribution in [2.75, 3.05) is 20.1 Å². The normalized spacial score (nSPS) is 29.9. The minimum Gasteiger partial charge on any atom is -0.390 e. The predicted molar refractivity (Wildman–Crippen MR) is 75.8 cm³/mol. The number of nitrogens with zero attached hydrogens (tertiary/aromatic N) is 1. The predicted octanol–water partition coefficient (Wildman–Crippen LogP) is 1.38. The molecule has 2 aliphatic rings. The Morgan fingerprint density at radius 3 is 2.47 bits per heavy atom. The summed E-state index contributed by atoms with van der Waals surface area (Å²) in [5, 5.41) is 13.1. The van der Waals surface area contributed by atoms with E-state index in [2.05, 4.69) is 19.2 Å². The molecule has 2 N–H and O–H groups in total. The van der Waals surface area contributed by atoms with Gasteiger partial charge in [0.1, 0.15) is 0 Å². The van der Waals surface area contributed by atoms with Crippen LogP contribution in [-0.2, 0) is 4.79 Å². The average molecular weight is 268 g/mol. The van der Waals surface area contributed by atoms with Gasteiger partial charge in [-0.15, -0.1) is 0 Å². The summed E-state index contributed by atoms with van der Waals surface area (Å²) in [6.07, 6.45) is 4.92. The molecule has 2 rings (SSSR count). The van der Waals surface area contributed by atoms with Gasteiger partial charge >= 0.3 is 0 Å². The van der Waals surface area contributed by atoms with Crippen LogP contribution in [0.4, 0.5) is 0 Å². The molecule has 0 aromatic heterocycles. The Labute approximate surface area is 116 Å². The zero-order chi connectivity index (χ0) is 14.0. The van der Waals surface area contributed by atoms with Crippen molar-refractivity contribution in [3.05, 3.63) is 0 Å². The van der Waals surface area contributed by atoms with E-state index in [1.807, 2.05) is 11.9 Å². The number of carbonyl (C=O) groups is 1. The van der Waals surface area contributed by atoms with E-state index in [1.165, 1.54) is 0 Å². The van der Waals surface area contributed by atoms with Crippen LogP contribution in [0.15, 0.2) is 0 Å². The number of aliphatic hydroxyl groups excluding tert-OH is 1. The molecule has 1 aliphatic heterocycles. The first-order chi connectivity index (χ1) is 8.96. The number of hydrogen-bond acceptors (Lipinski definition) is 3. The molecule has 0 radical (unpaired) electrons. The second-order valence-electron chi connectivity index (χ2n) is 6.79. The topological polar surface area (TPSA) is 52.6 Å². The summed E-state index contributed by atoms with van der Waals surface area (Å²) in [7, 11) is 1.86. The smallest absolute Gasteiger partial charge is 0.228 e. The number of β-amino-alcohol motifs (C(OH)–C–C–N with tert-alkyl or cyclic N) is 1. The van der Waals surface area contributed by atoms with Gasteiger partial charge in [-0.2, -0.15) is 0 Å². The number of likely N-dealkylation sites (N-methyl/N-ethyl adjacent to an activating group) is 1. The van der Waals surface area contributed by atoms with Crippen molar-refractivity contribution in [1.82, 2.24) is 10.2 Å². The fourth-order valence-corrected chi connectivity index (χ4v) is 3.91. The van der Waals surface area contributed by atoms with Crippen LogP contribution in [0.2, 0.25) is 0 Å². The molecule has 0 bridgehead atoms. The van der Waals surface area contributed by atoms with Crippen LogP contribution >= 0.6 is 0 Å². The number of amides is 1. The van der Waals surface area contributed by atoms with Gasteiger partial charge in [0, 0.05) is 25.6 Å². The van der Waals surface area contributed by atoms with Gasteiger partial charge in [0.2, 0.25) is 5.91 Å². The van der Waals surface area contributed by atoms with Gasteiger partial charge < -0.3 is 15.3 Å². The molecular weight excluding hydrogens is 240 g/mol. The lowest BCUT2D eigenvalue weighted by Gasteiger charge is -2.37. The number of nitrogens with one attached hydrogen (secondary N) is 1. The first kappa shape index (κ1) is 14.8. The molecule has 1 saturated heterocycles. The molecule has 1 heterocycles. The Morgan fingerprint density at radius 1 is 1.37 bits per heavy atom. The van der Waals surface area contributed by atoms with Crippen molar-refractivity contribution in [2.24, 2.45) is 11.3 Å². The van der Waals surface area contributed by atoms with E-state index in [-0.39, 0.29) is 17.4 Å². The molecule has 1 aliphatic carbocycles. The monoisotopic (exact) mass is 268 g/mol. The van der Waals surface area contributed by atoms with E-state index in [9.17, 15) is 9.90 Å². The molecule has 0 unspecified atom stereocenters. The molecule has 2 fully saturated rings. The summed E-state index contributed by atoms with van der Waals surface area (Å²) in [6.45, 7) is 5.69. The summed E-state index contributed by atoms with van der Waals surface area (Å²) in [5.41, 5.74) is -0.161. The summed E-state index contributed by atoms with van der Waals surface area (Å²) in [4.78, 5) is 14.7. The number of carbonyl (C=O) groups excluding carboxylic acids is 1. The molecule has 19 heavy (non-hydrogen) atoms. The van der Waals surface area contributed by atoms with Gasteiger partial charge in [0.15, 0.2) is 0 Å². The summed E-state index contributed by atoms with van der Waals surface area (Å²) in [5.74, 6) is 0.800. The van der Waals surface area contributed by atoms with Crippen molar-refractivity contribution in [3.8, 4) is 0 Å². The molecule has 1 amide bonds. The van der Waals surface area contributed by atoms with Crippen LogP contribution in [0.1, 0.15) is 46.0 Å². The van der Waals surface area contributed by atoms with Gasteiger partial charge in [-0.1, -0.05) is 26.7 Å². The third-order valence-corrected chi connectivity index (χ3v) is 4.78. The molecule has 0 aromatic carbocycles. The fourth-order valence-electron chi connectivity index (χ4n) is 3.91. The highest BCUT2D eigenvalue weighted by molar-refractivity contribution is 5.83. The molecule has 110 valence electrons. The van der Waals surface area contributed by atoms with Gasteiger partial charge in [-0.3, -0.25) is 4.79 Å². The van der Waals surface area contributed by atoms with Crippen molar-refractivity contribution in [2.45, 2.75) is 58.1 Å². The van der Waals surface area contributed by atoms with E-state index in [0.29, 0.717) is 19.0 Å². The highest BCUT2D eigenvalue weighted by atomic mass is 16.3. The molecule has 0 aromatic rings. The van der Waals surface area contributed by atoms with Crippen molar-refractivity contribution < 1.29 is 9.90 Å². The summed E-state index contributed by atoms with van der Waals surface area (Å²) in [6, 6.07) is -0.0582. The Kier molecular flexibility index (Phi) is 4.51. The van der Waals surface area contributed by atoms with E-state index in [0.717, 1.165) is 32.1 Å². The molecule has 4 nitrogen and oxygen atoms in total. The van der Waals surface area contributed by atoms with Crippen molar-refractivity contribution >= 4 is 5.91 Å². The van der Waals surface area contributed by atoms with Crippen molar-refractivity contribution in [1.29, 1.82) is 0 Å². The first-order valence-electron chi connectivity index (χ1n) is 7.62. The van der Waals surface area contributed by atoms with Crippen LogP contribution in [0.25, 0.3) is 0 Å². The largest absolute Gasteiger partial charge is 0.390 e. The Hall–Kier alpha value is -0.610. The molecule has 1 saturated carbocycles.